The van der Waals surface area contributed by atoms with Crippen LogP contribution in [0.25, 0.3) is 0 Å². The Labute approximate surface area is 119 Å². The van der Waals surface area contributed by atoms with Crippen molar-refractivity contribution < 1.29 is 19.4 Å². The van der Waals surface area contributed by atoms with Gasteiger partial charge in [0, 0.05) is 7.05 Å². The molecule has 0 saturated heterocycles. The summed E-state index contributed by atoms with van der Waals surface area (Å²) in [4.78, 5) is 24.6. The van der Waals surface area contributed by atoms with Crippen molar-refractivity contribution in [2.24, 2.45) is 5.92 Å². The molecule has 1 amide bonds. The van der Waals surface area contributed by atoms with E-state index < -0.39 is 23.7 Å². The second kappa shape index (κ2) is 5.11. The highest BCUT2D eigenvalue weighted by atomic mass is 16.6. The first-order chi connectivity index (χ1) is 9.19. The molecule has 2 aliphatic carbocycles. The zero-order valence-electron chi connectivity index (χ0n) is 12.6. The van der Waals surface area contributed by atoms with E-state index in [4.69, 9.17) is 4.74 Å². The number of likely N-dealkylation sites (N-methyl/N-ethyl adjacent to an activating group) is 1. The molecule has 0 radical (unpaired) electrons. The summed E-state index contributed by atoms with van der Waals surface area (Å²) in [5, 5.41) is 9.34. The Morgan fingerprint density at radius 2 is 2.00 bits per heavy atom. The van der Waals surface area contributed by atoms with Crippen molar-refractivity contribution in [2.45, 2.75) is 58.1 Å². The second-order valence-electron chi connectivity index (χ2n) is 6.71. The molecule has 2 saturated carbocycles. The van der Waals surface area contributed by atoms with E-state index in [1.165, 1.54) is 35.9 Å². The van der Waals surface area contributed by atoms with Crippen LogP contribution < -0.4 is 0 Å². The van der Waals surface area contributed by atoms with Gasteiger partial charge in [-0.2, -0.15) is 0 Å². The van der Waals surface area contributed by atoms with Crippen molar-refractivity contribution in [2.75, 3.05) is 7.05 Å². The lowest BCUT2D eigenvalue weighted by Gasteiger charge is -2.28. The molecular formula is C15H23NO4. The summed E-state index contributed by atoms with van der Waals surface area (Å²) >= 11 is 0. The van der Waals surface area contributed by atoms with Crippen molar-refractivity contribution in [1.29, 1.82) is 0 Å². The number of carbonyl (C=O) groups excluding carboxylic acids is 1. The number of ether oxygens (including phenoxy) is 1. The number of carboxylic acid groups (broad SMARTS) is 1. The molecule has 0 spiro atoms. The van der Waals surface area contributed by atoms with Crippen LogP contribution in [0.4, 0.5) is 4.79 Å². The summed E-state index contributed by atoms with van der Waals surface area (Å²) in [6, 6.07) is -0.813. The topological polar surface area (TPSA) is 66.8 Å². The van der Waals surface area contributed by atoms with Crippen molar-refractivity contribution in [1.82, 2.24) is 4.90 Å². The van der Waals surface area contributed by atoms with Crippen molar-refractivity contribution in [3.63, 3.8) is 0 Å². The molecule has 20 heavy (non-hydrogen) atoms. The molecule has 1 N–H and O–H groups in total. The van der Waals surface area contributed by atoms with Crippen LogP contribution in [0.15, 0.2) is 11.1 Å². The maximum Gasteiger partial charge on any atom is 0.410 e. The lowest BCUT2D eigenvalue weighted by atomic mass is 10.1. The number of carbonyl (C=O) groups is 2. The first-order valence-electron chi connectivity index (χ1n) is 7.08. The maximum atomic E-state index is 12.0. The number of allylic oxidation sites excluding steroid dienone is 2. The Bertz CT molecular complexity index is 455. The molecule has 0 aromatic heterocycles. The minimum absolute atomic E-state index is 0.346. The molecule has 2 rings (SSSR count). The van der Waals surface area contributed by atoms with Gasteiger partial charge in [0.2, 0.25) is 0 Å². The number of amides is 1. The quantitative estimate of drug-likeness (QED) is 0.805. The van der Waals surface area contributed by atoms with E-state index in [0.29, 0.717) is 12.3 Å². The third-order valence-electron chi connectivity index (χ3n) is 3.69. The molecule has 0 aliphatic heterocycles. The third kappa shape index (κ3) is 3.74. The molecular weight excluding hydrogens is 258 g/mol. The van der Waals surface area contributed by atoms with Crippen LogP contribution in [-0.4, -0.2) is 40.8 Å². The Morgan fingerprint density at radius 1 is 1.40 bits per heavy atom. The molecule has 5 nitrogen and oxygen atoms in total. The maximum absolute atomic E-state index is 12.0. The summed E-state index contributed by atoms with van der Waals surface area (Å²) in [5.41, 5.74) is 2.31. The Hall–Kier alpha value is -1.52. The number of rotatable bonds is 4. The van der Waals surface area contributed by atoms with Crippen LogP contribution in [0.1, 0.15) is 46.5 Å². The molecule has 2 atom stereocenters. The van der Waals surface area contributed by atoms with Gasteiger partial charge in [-0.05, 0) is 52.4 Å². The van der Waals surface area contributed by atoms with Crippen molar-refractivity contribution in [3.8, 4) is 0 Å². The van der Waals surface area contributed by atoms with Crippen molar-refractivity contribution >= 4 is 12.1 Å². The number of nitrogens with zero attached hydrogens (tertiary/aromatic N) is 1. The fourth-order valence-corrected chi connectivity index (χ4v) is 2.40. The number of hydrogen-bond donors (Lipinski definition) is 1. The number of aliphatic carboxylic acids is 1. The van der Waals surface area contributed by atoms with Crippen LogP contribution >= 0.6 is 0 Å². The normalized spacial score (nSPS) is 22.3. The largest absolute Gasteiger partial charge is 0.480 e. The molecule has 0 aromatic rings. The fourth-order valence-electron chi connectivity index (χ4n) is 2.40. The molecule has 2 aliphatic rings. The van der Waals surface area contributed by atoms with E-state index >= 15 is 0 Å². The van der Waals surface area contributed by atoms with Gasteiger partial charge in [-0.25, -0.2) is 9.59 Å². The zero-order valence-corrected chi connectivity index (χ0v) is 12.6. The summed E-state index contributed by atoms with van der Waals surface area (Å²) in [7, 11) is 1.50. The van der Waals surface area contributed by atoms with Crippen LogP contribution in [0.5, 0.6) is 0 Å². The van der Waals surface area contributed by atoms with Crippen LogP contribution in [-0.2, 0) is 9.53 Å². The summed E-state index contributed by atoms with van der Waals surface area (Å²) < 4.78 is 5.23. The fraction of sp³-hybridized carbons (Fsp3) is 0.733. The standard InChI is InChI=1S/C15H23NO4/c1-15(2,3)20-14(19)16(4)12(13(17)18)8-10-7-11(10)9-5-6-9/h10,12H,5-8H2,1-4H3,(H,17,18). The van der Waals surface area contributed by atoms with Gasteiger partial charge >= 0.3 is 12.1 Å². The lowest BCUT2D eigenvalue weighted by molar-refractivity contribution is -0.143. The SMILES string of the molecule is CN(C(=O)OC(C)(C)C)C(CC1CC1=C1CC1)C(=O)O. The van der Waals surface area contributed by atoms with Gasteiger partial charge in [-0.1, -0.05) is 11.1 Å². The predicted molar refractivity (Wildman–Crippen MR) is 74.4 cm³/mol. The Morgan fingerprint density at radius 3 is 2.45 bits per heavy atom. The monoisotopic (exact) mass is 281 g/mol. The highest BCUT2D eigenvalue weighted by Crippen LogP contribution is 2.50. The molecule has 0 bridgehead atoms. The summed E-state index contributed by atoms with van der Waals surface area (Å²) in [6.07, 6.45) is 3.26. The van der Waals surface area contributed by atoms with Crippen LogP contribution in [0.3, 0.4) is 0 Å². The van der Waals surface area contributed by atoms with Gasteiger partial charge in [0.1, 0.15) is 11.6 Å². The average molecular weight is 281 g/mol. The summed E-state index contributed by atoms with van der Waals surface area (Å²) in [6.45, 7) is 5.31. The van der Waals surface area contributed by atoms with Crippen LogP contribution in [0, 0.1) is 5.92 Å². The highest BCUT2D eigenvalue weighted by molar-refractivity contribution is 5.80. The van der Waals surface area contributed by atoms with Gasteiger partial charge in [0.15, 0.2) is 0 Å². The lowest BCUT2D eigenvalue weighted by Crippen LogP contribution is -2.45. The molecule has 0 heterocycles. The van der Waals surface area contributed by atoms with E-state index in [0.717, 1.165) is 6.42 Å². The van der Waals surface area contributed by atoms with Crippen molar-refractivity contribution in [3.05, 3.63) is 11.1 Å². The van der Waals surface area contributed by atoms with Gasteiger partial charge in [-0.15, -0.1) is 0 Å². The molecule has 0 aromatic carbocycles. The minimum Gasteiger partial charge on any atom is -0.480 e. The highest BCUT2D eigenvalue weighted by Gasteiger charge is 2.41. The molecule has 112 valence electrons. The number of carboxylic acids is 1. The average Bonchev–Trinajstić information content (AvgIpc) is 3.13. The van der Waals surface area contributed by atoms with E-state index in [9.17, 15) is 14.7 Å². The number of hydrogen-bond acceptors (Lipinski definition) is 3. The molecule has 5 heteroatoms. The Kier molecular flexibility index (Phi) is 3.80. The van der Waals surface area contributed by atoms with Crippen LogP contribution in [0.2, 0.25) is 0 Å². The third-order valence-corrected chi connectivity index (χ3v) is 3.69. The first-order valence-corrected chi connectivity index (χ1v) is 7.08. The molecule has 2 fully saturated rings. The van der Waals surface area contributed by atoms with E-state index in [1.807, 2.05) is 0 Å². The van der Waals surface area contributed by atoms with Gasteiger partial charge in [0.25, 0.3) is 0 Å². The van der Waals surface area contributed by atoms with Gasteiger partial charge in [0.05, 0.1) is 0 Å². The van der Waals surface area contributed by atoms with E-state index in [2.05, 4.69) is 0 Å². The minimum atomic E-state index is -0.967. The zero-order chi connectivity index (χ0) is 15.1. The Balaban J connectivity index is 1.95. The van der Waals surface area contributed by atoms with E-state index in [-0.39, 0.29) is 0 Å². The molecule has 2 unspecified atom stereocenters. The van der Waals surface area contributed by atoms with Gasteiger partial charge < -0.3 is 9.84 Å². The van der Waals surface area contributed by atoms with E-state index in [1.54, 1.807) is 20.8 Å². The summed E-state index contributed by atoms with van der Waals surface area (Å²) in [5.74, 6) is -0.621. The van der Waals surface area contributed by atoms with Gasteiger partial charge in [-0.3, -0.25) is 4.90 Å². The smallest absolute Gasteiger partial charge is 0.410 e. The second-order valence-corrected chi connectivity index (χ2v) is 6.71. The first kappa shape index (κ1) is 14.9. The predicted octanol–water partition coefficient (Wildman–Crippen LogP) is 2.81.